The Morgan fingerprint density at radius 1 is 1.18 bits per heavy atom. The number of cyclic esters (lactones) is 1. The Bertz CT molecular complexity index is 1260. The van der Waals surface area contributed by atoms with Crippen molar-refractivity contribution in [1.82, 2.24) is 5.32 Å². The molecule has 2 aromatic rings. The number of fused-ring (bicyclic) bond motifs is 1. The SMILES string of the molecule is CCC1(CC)OC(=O)N(CCC(C)(C)NCC(O)c2ccc(O)c(NS(C)(=O)=O)c2)c2c(OC)cccc21. The van der Waals surface area contributed by atoms with Gasteiger partial charge in [0.05, 0.1) is 30.8 Å². The molecule has 1 atom stereocenters. The van der Waals surface area contributed by atoms with Gasteiger partial charge in [0, 0.05) is 24.2 Å². The molecule has 0 saturated heterocycles. The highest BCUT2D eigenvalue weighted by molar-refractivity contribution is 7.92. The number of carbonyl (C=O) groups excluding carboxylic acids is 1. The zero-order chi connectivity index (χ0) is 28.3. The number of β-amino-alcohol motifs (C(OH)–C–C–N with tert-alkyl or cyclic N) is 1. The fourth-order valence-corrected chi connectivity index (χ4v) is 5.26. The largest absolute Gasteiger partial charge is 0.506 e. The Hall–Kier alpha value is -3.02. The summed E-state index contributed by atoms with van der Waals surface area (Å²) >= 11 is 0. The van der Waals surface area contributed by atoms with Gasteiger partial charge >= 0.3 is 6.09 Å². The monoisotopic (exact) mass is 549 g/mol. The predicted octanol–water partition coefficient (Wildman–Crippen LogP) is 4.24. The van der Waals surface area contributed by atoms with E-state index in [-0.39, 0.29) is 18.0 Å². The summed E-state index contributed by atoms with van der Waals surface area (Å²) in [5.74, 6) is 0.372. The minimum Gasteiger partial charge on any atom is -0.506 e. The molecule has 0 fully saturated rings. The van der Waals surface area contributed by atoms with Crippen molar-refractivity contribution in [2.75, 3.05) is 36.1 Å². The van der Waals surface area contributed by atoms with E-state index < -0.39 is 33.4 Å². The van der Waals surface area contributed by atoms with Gasteiger partial charge in [0.1, 0.15) is 17.1 Å². The third-order valence-corrected chi connectivity index (χ3v) is 7.65. The number of sulfonamides is 1. The van der Waals surface area contributed by atoms with Crippen molar-refractivity contribution < 1.29 is 32.9 Å². The van der Waals surface area contributed by atoms with E-state index in [1.54, 1.807) is 12.0 Å². The third-order valence-electron chi connectivity index (χ3n) is 7.06. The van der Waals surface area contributed by atoms with Crippen molar-refractivity contribution in [3.63, 3.8) is 0 Å². The maximum absolute atomic E-state index is 13.2. The molecule has 11 heteroatoms. The molecule has 1 aliphatic rings. The van der Waals surface area contributed by atoms with Gasteiger partial charge in [0.15, 0.2) is 0 Å². The van der Waals surface area contributed by atoms with Crippen LogP contribution >= 0.6 is 0 Å². The van der Waals surface area contributed by atoms with E-state index in [0.29, 0.717) is 37.1 Å². The molecule has 1 amide bonds. The number of ether oxygens (including phenoxy) is 2. The molecule has 1 aliphatic heterocycles. The van der Waals surface area contributed by atoms with Crippen LogP contribution in [-0.2, 0) is 20.4 Å². The lowest BCUT2D eigenvalue weighted by atomic mass is 9.85. The fraction of sp³-hybridized carbons (Fsp3) is 0.519. The molecule has 3 rings (SSSR count). The molecule has 2 aromatic carbocycles. The van der Waals surface area contributed by atoms with Crippen molar-refractivity contribution in [2.24, 2.45) is 0 Å². The highest BCUT2D eigenvalue weighted by Crippen LogP contribution is 2.47. The number of nitrogens with one attached hydrogen (secondary N) is 2. The maximum atomic E-state index is 13.2. The zero-order valence-corrected chi connectivity index (χ0v) is 23.7. The van der Waals surface area contributed by atoms with Gasteiger partial charge in [-0.2, -0.15) is 0 Å². The zero-order valence-electron chi connectivity index (χ0n) is 22.9. The Balaban J connectivity index is 1.73. The van der Waals surface area contributed by atoms with Crippen molar-refractivity contribution >= 4 is 27.5 Å². The highest BCUT2D eigenvalue weighted by Gasteiger charge is 2.44. The quantitative estimate of drug-likeness (QED) is 0.289. The summed E-state index contributed by atoms with van der Waals surface area (Å²) in [6.45, 7) is 8.45. The van der Waals surface area contributed by atoms with Gasteiger partial charge < -0.3 is 25.0 Å². The Morgan fingerprint density at radius 3 is 2.47 bits per heavy atom. The van der Waals surface area contributed by atoms with Gasteiger partial charge in [-0.05, 0) is 56.9 Å². The molecule has 0 aliphatic carbocycles. The van der Waals surface area contributed by atoms with E-state index in [0.717, 1.165) is 17.5 Å². The normalized spacial score (nSPS) is 16.0. The molecule has 38 heavy (non-hydrogen) atoms. The summed E-state index contributed by atoms with van der Waals surface area (Å²) in [4.78, 5) is 14.8. The predicted molar refractivity (Wildman–Crippen MR) is 147 cm³/mol. The fourth-order valence-electron chi connectivity index (χ4n) is 4.69. The molecular formula is C27H39N3O7S. The number of carbonyl (C=O) groups is 1. The minimum absolute atomic E-state index is 0.00484. The second-order valence-corrected chi connectivity index (χ2v) is 12.0. The van der Waals surface area contributed by atoms with Crippen LogP contribution in [0.15, 0.2) is 36.4 Å². The summed E-state index contributed by atoms with van der Waals surface area (Å²) < 4.78 is 37.0. The molecule has 1 heterocycles. The first-order valence-electron chi connectivity index (χ1n) is 12.7. The Labute approximate surface area is 225 Å². The van der Waals surface area contributed by atoms with Gasteiger partial charge in [-0.3, -0.25) is 9.62 Å². The van der Waals surface area contributed by atoms with Crippen LogP contribution in [0.5, 0.6) is 11.5 Å². The number of nitrogens with zero attached hydrogens (tertiary/aromatic N) is 1. The first kappa shape index (κ1) is 29.5. The number of phenolic OH excluding ortho intramolecular Hbond substituents is 1. The lowest BCUT2D eigenvalue weighted by molar-refractivity contribution is -0.00165. The van der Waals surface area contributed by atoms with Gasteiger partial charge in [-0.1, -0.05) is 32.0 Å². The number of aliphatic hydroxyl groups is 1. The van der Waals surface area contributed by atoms with Gasteiger partial charge in [0.2, 0.25) is 10.0 Å². The number of aliphatic hydroxyl groups excluding tert-OH is 1. The smallest absolute Gasteiger partial charge is 0.415 e. The number of methoxy groups -OCH3 is 1. The van der Waals surface area contributed by atoms with Crippen molar-refractivity contribution in [3.05, 3.63) is 47.5 Å². The van der Waals surface area contributed by atoms with E-state index in [1.807, 2.05) is 45.9 Å². The molecular weight excluding hydrogens is 510 g/mol. The van der Waals surface area contributed by atoms with Gasteiger partial charge in [0.25, 0.3) is 0 Å². The van der Waals surface area contributed by atoms with Crippen molar-refractivity contribution in [2.45, 2.75) is 64.2 Å². The second kappa shape index (κ2) is 11.4. The molecule has 0 saturated carbocycles. The van der Waals surface area contributed by atoms with Crippen molar-refractivity contribution in [1.29, 1.82) is 0 Å². The summed E-state index contributed by atoms with van der Waals surface area (Å²) in [5.41, 5.74) is 0.887. The average Bonchev–Trinajstić information content (AvgIpc) is 2.86. The molecule has 1 unspecified atom stereocenters. The molecule has 4 N–H and O–H groups in total. The number of anilines is 2. The molecule has 0 bridgehead atoms. The van der Waals surface area contributed by atoms with Crippen LogP contribution in [0.2, 0.25) is 0 Å². The van der Waals surface area contributed by atoms with Gasteiger partial charge in [-0.15, -0.1) is 0 Å². The van der Waals surface area contributed by atoms with Crippen LogP contribution < -0.4 is 19.7 Å². The summed E-state index contributed by atoms with van der Waals surface area (Å²) in [6.07, 6.45) is 1.42. The van der Waals surface area contributed by atoms with Crippen LogP contribution in [0.3, 0.4) is 0 Å². The number of phenols is 1. The molecule has 0 spiro atoms. The number of hydrogen-bond donors (Lipinski definition) is 4. The minimum atomic E-state index is -3.60. The van der Waals surface area contributed by atoms with Crippen LogP contribution in [0.25, 0.3) is 0 Å². The number of rotatable bonds is 12. The van der Waals surface area contributed by atoms with E-state index in [4.69, 9.17) is 9.47 Å². The maximum Gasteiger partial charge on any atom is 0.415 e. The Morgan fingerprint density at radius 2 is 1.87 bits per heavy atom. The third kappa shape index (κ3) is 6.51. The molecule has 10 nitrogen and oxygen atoms in total. The van der Waals surface area contributed by atoms with E-state index in [1.165, 1.54) is 18.2 Å². The summed E-state index contributed by atoms with van der Waals surface area (Å²) in [7, 11) is -2.01. The van der Waals surface area contributed by atoms with Gasteiger partial charge in [-0.25, -0.2) is 13.2 Å². The topological polar surface area (TPSA) is 137 Å². The van der Waals surface area contributed by atoms with Crippen molar-refractivity contribution in [3.8, 4) is 11.5 Å². The van der Waals surface area contributed by atoms with E-state index >= 15 is 0 Å². The molecule has 210 valence electrons. The number of para-hydroxylation sites is 1. The summed E-state index contributed by atoms with van der Waals surface area (Å²) in [6, 6.07) is 9.98. The van der Waals surface area contributed by atoms with E-state index in [9.17, 15) is 23.4 Å². The summed E-state index contributed by atoms with van der Waals surface area (Å²) in [5, 5.41) is 24.0. The van der Waals surface area contributed by atoms with Crippen LogP contribution in [-0.4, -0.2) is 56.7 Å². The Kier molecular flexibility index (Phi) is 8.85. The molecule has 0 radical (unpaired) electrons. The lowest BCUT2D eigenvalue weighted by Gasteiger charge is -2.43. The average molecular weight is 550 g/mol. The first-order chi connectivity index (χ1) is 17.8. The van der Waals surface area contributed by atoms with Crippen LogP contribution in [0, 0.1) is 0 Å². The van der Waals surface area contributed by atoms with Crippen LogP contribution in [0.4, 0.5) is 16.2 Å². The standard InChI is InChI=1S/C27H39N3O7S/c1-7-27(8-2)19-10-9-11-23(36-5)24(19)30(25(33)37-27)15-14-26(3,4)28-17-22(32)18-12-13-21(31)20(16-18)29-38(6,34)35/h9-13,16,22,28-29,31-32H,7-8,14-15,17H2,1-6H3. The lowest BCUT2D eigenvalue weighted by Crippen LogP contribution is -2.49. The highest BCUT2D eigenvalue weighted by atomic mass is 32.2. The second-order valence-electron chi connectivity index (χ2n) is 10.3. The number of amides is 1. The first-order valence-corrected chi connectivity index (χ1v) is 14.6. The van der Waals surface area contributed by atoms with E-state index in [2.05, 4.69) is 10.0 Å². The van der Waals surface area contributed by atoms with Crippen LogP contribution in [0.1, 0.15) is 64.2 Å². The molecule has 0 aromatic heterocycles. The number of aromatic hydroxyl groups is 1. The number of benzene rings is 2. The number of hydrogen-bond acceptors (Lipinski definition) is 8.